The van der Waals surface area contributed by atoms with Gasteiger partial charge in [-0.2, -0.15) is 4.98 Å². The molecule has 2 aliphatic rings. The van der Waals surface area contributed by atoms with Crippen molar-refractivity contribution >= 4 is 23.4 Å². The number of ether oxygens (including phenoxy) is 1. The van der Waals surface area contributed by atoms with Gasteiger partial charge < -0.3 is 19.9 Å². The SMILES string of the molecule is O=C1CO[C@H](C(=O)NCc2noc(C3CC3)n2)[C@@H](c2ccccc2Cl)N1. The van der Waals surface area contributed by atoms with Crippen LogP contribution >= 0.6 is 11.6 Å². The molecule has 136 valence electrons. The Kier molecular flexibility index (Phi) is 4.60. The summed E-state index contributed by atoms with van der Waals surface area (Å²) in [5, 5.41) is 9.82. The van der Waals surface area contributed by atoms with E-state index in [1.54, 1.807) is 24.3 Å². The Hall–Kier alpha value is -2.45. The number of halogens is 1. The zero-order chi connectivity index (χ0) is 18.1. The molecule has 1 aliphatic carbocycles. The van der Waals surface area contributed by atoms with Crippen molar-refractivity contribution in [3.8, 4) is 0 Å². The van der Waals surface area contributed by atoms with Crippen molar-refractivity contribution in [2.75, 3.05) is 6.61 Å². The van der Waals surface area contributed by atoms with Gasteiger partial charge in [0.1, 0.15) is 6.61 Å². The van der Waals surface area contributed by atoms with Crippen LogP contribution in [0, 0.1) is 0 Å². The number of nitrogens with zero attached hydrogens (tertiary/aromatic N) is 2. The molecule has 8 nitrogen and oxygen atoms in total. The molecule has 2 aromatic rings. The zero-order valence-corrected chi connectivity index (χ0v) is 14.5. The summed E-state index contributed by atoms with van der Waals surface area (Å²) in [4.78, 5) is 28.6. The highest BCUT2D eigenvalue weighted by molar-refractivity contribution is 6.31. The van der Waals surface area contributed by atoms with Gasteiger partial charge in [-0.15, -0.1) is 0 Å². The smallest absolute Gasteiger partial charge is 0.252 e. The van der Waals surface area contributed by atoms with Crippen molar-refractivity contribution in [1.29, 1.82) is 0 Å². The lowest BCUT2D eigenvalue weighted by Crippen LogP contribution is -2.52. The number of hydrogen-bond acceptors (Lipinski definition) is 6. The van der Waals surface area contributed by atoms with E-state index in [0.717, 1.165) is 12.8 Å². The molecule has 1 aromatic carbocycles. The Morgan fingerprint density at radius 1 is 1.35 bits per heavy atom. The third-order valence-corrected chi connectivity index (χ3v) is 4.69. The number of benzene rings is 1. The number of rotatable bonds is 5. The lowest BCUT2D eigenvalue weighted by molar-refractivity contribution is -0.148. The maximum absolute atomic E-state index is 12.6. The summed E-state index contributed by atoms with van der Waals surface area (Å²) in [5.41, 5.74) is 0.623. The quantitative estimate of drug-likeness (QED) is 0.818. The predicted octanol–water partition coefficient (Wildman–Crippen LogP) is 1.47. The number of carbonyl (C=O) groups excluding carboxylic acids is 2. The van der Waals surface area contributed by atoms with E-state index in [-0.39, 0.29) is 25.0 Å². The second-order valence-electron chi connectivity index (χ2n) is 6.34. The topological polar surface area (TPSA) is 106 Å². The van der Waals surface area contributed by atoms with E-state index in [4.69, 9.17) is 20.9 Å². The molecule has 4 rings (SSSR count). The summed E-state index contributed by atoms with van der Waals surface area (Å²) in [6, 6.07) is 6.35. The van der Waals surface area contributed by atoms with Gasteiger partial charge in [0, 0.05) is 10.9 Å². The van der Waals surface area contributed by atoms with Gasteiger partial charge in [0.15, 0.2) is 11.9 Å². The molecule has 2 N–H and O–H groups in total. The fraction of sp³-hybridized carbons (Fsp3) is 0.412. The van der Waals surface area contributed by atoms with E-state index in [1.807, 2.05) is 0 Å². The molecular weight excluding hydrogens is 360 g/mol. The van der Waals surface area contributed by atoms with Crippen molar-refractivity contribution in [3.05, 3.63) is 46.6 Å². The molecule has 2 heterocycles. The Labute approximate surface area is 154 Å². The average Bonchev–Trinajstić information content (AvgIpc) is 3.38. The number of amides is 2. The summed E-state index contributed by atoms with van der Waals surface area (Å²) >= 11 is 6.22. The van der Waals surface area contributed by atoms with Crippen LogP contribution in [0.2, 0.25) is 5.02 Å². The number of morpholine rings is 1. The maximum Gasteiger partial charge on any atom is 0.252 e. The lowest BCUT2D eigenvalue weighted by Gasteiger charge is -2.32. The van der Waals surface area contributed by atoms with Crippen molar-refractivity contribution in [3.63, 3.8) is 0 Å². The molecule has 0 radical (unpaired) electrons. The van der Waals surface area contributed by atoms with Crippen molar-refractivity contribution in [2.45, 2.75) is 37.5 Å². The van der Waals surface area contributed by atoms with Crippen LogP contribution in [-0.4, -0.2) is 34.7 Å². The van der Waals surface area contributed by atoms with E-state index in [0.29, 0.717) is 28.2 Å². The van der Waals surface area contributed by atoms with Crippen LogP contribution < -0.4 is 10.6 Å². The van der Waals surface area contributed by atoms with Crippen molar-refractivity contribution < 1.29 is 18.8 Å². The minimum Gasteiger partial charge on any atom is -0.356 e. The summed E-state index contributed by atoms with van der Waals surface area (Å²) < 4.78 is 10.6. The predicted molar refractivity (Wildman–Crippen MR) is 90.2 cm³/mol. The molecule has 2 atom stereocenters. The Balaban J connectivity index is 1.45. The minimum atomic E-state index is -0.901. The molecular formula is C17H17ClN4O4. The monoisotopic (exact) mass is 376 g/mol. The van der Waals surface area contributed by atoms with E-state index in [2.05, 4.69) is 20.8 Å². The normalized spacial score (nSPS) is 22.7. The second-order valence-corrected chi connectivity index (χ2v) is 6.75. The van der Waals surface area contributed by atoms with Gasteiger partial charge in [0.05, 0.1) is 12.6 Å². The molecule has 1 saturated heterocycles. The standard InChI is InChI=1S/C17H17ClN4O4/c18-11-4-2-1-3-10(11)14-15(25-8-13(23)21-14)16(24)19-7-12-20-17(26-22-12)9-5-6-9/h1-4,9,14-15H,5-8H2,(H,19,24)(H,21,23)/t14-,15+/m1/s1. The van der Waals surface area contributed by atoms with Gasteiger partial charge in [-0.3, -0.25) is 9.59 Å². The van der Waals surface area contributed by atoms with Gasteiger partial charge in [-0.1, -0.05) is 35.0 Å². The largest absolute Gasteiger partial charge is 0.356 e. The molecule has 2 fully saturated rings. The minimum absolute atomic E-state index is 0.123. The van der Waals surface area contributed by atoms with Crippen LogP contribution in [-0.2, 0) is 20.9 Å². The van der Waals surface area contributed by atoms with Crippen molar-refractivity contribution in [2.24, 2.45) is 0 Å². The lowest BCUT2D eigenvalue weighted by atomic mass is 9.99. The molecule has 0 unspecified atom stereocenters. The first kappa shape index (κ1) is 17.0. The van der Waals surface area contributed by atoms with Crippen LogP contribution in [0.3, 0.4) is 0 Å². The molecule has 9 heteroatoms. The van der Waals surface area contributed by atoms with E-state index in [1.165, 1.54) is 0 Å². The number of carbonyl (C=O) groups is 2. The molecule has 1 aliphatic heterocycles. The zero-order valence-electron chi connectivity index (χ0n) is 13.8. The van der Waals surface area contributed by atoms with Crippen LogP contribution in [0.1, 0.15) is 42.1 Å². The molecule has 0 bridgehead atoms. The fourth-order valence-corrected chi connectivity index (χ4v) is 3.10. The number of nitrogens with one attached hydrogen (secondary N) is 2. The molecule has 0 spiro atoms. The summed E-state index contributed by atoms with van der Waals surface area (Å²) in [7, 11) is 0. The Morgan fingerprint density at radius 3 is 2.92 bits per heavy atom. The van der Waals surface area contributed by atoms with E-state index < -0.39 is 12.1 Å². The van der Waals surface area contributed by atoms with E-state index >= 15 is 0 Å². The third-order valence-electron chi connectivity index (χ3n) is 4.34. The number of aromatic nitrogens is 2. The Bertz CT molecular complexity index is 836. The van der Waals surface area contributed by atoms with Crippen LogP contribution in [0.4, 0.5) is 0 Å². The summed E-state index contributed by atoms with van der Waals surface area (Å²) in [6.07, 6.45) is 1.22. The summed E-state index contributed by atoms with van der Waals surface area (Å²) in [6.45, 7) is -0.0643. The first-order chi connectivity index (χ1) is 12.6. The summed E-state index contributed by atoms with van der Waals surface area (Å²) in [5.74, 6) is 0.700. The van der Waals surface area contributed by atoms with Gasteiger partial charge >= 0.3 is 0 Å². The fourth-order valence-electron chi connectivity index (χ4n) is 2.85. The third kappa shape index (κ3) is 3.56. The first-order valence-corrected chi connectivity index (χ1v) is 8.75. The Morgan fingerprint density at radius 2 is 2.15 bits per heavy atom. The molecule has 1 saturated carbocycles. The van der Waals surface area contributed by atoms with Gasteiger partial charge in [-0.25, -0.2) is 0 Å². The van der Waals surface area contributed by atoms with Crippen LogP contribution in [0.25, 0.3) is 0 Å². The van der Waals surface area contributed by atoms with Gasteiger partial charge in [0.2, 0.25) is 11.8 Å². The van der Waals surface area contributed by atoms with Crippen LogP contribution in [0.15, 0.2) is 28.8 Å². The molecule has 2 amide bonds. The molecule has 26 heavy (non-hydrogen) atoms. The first-order valence-electron chi connectivity index (χ1n) is 8.37. The average molecular weight is 377 g/mol. The second kappa shape index (κ2) is 7.05. The highest BCUT2D eigenvalue weighted by Crippen LogP contribution is 2.38. The highest BCUT2D eigenvalue weighted by atomic mass is 35.5. The maximum atomic E-state index is 12.6. The van der Waals surface area contributed by atoms with E-state index in [9.17, 15) is 9.59 Å². The van der Waals surface area contributed by atoms with Gasteiger partial charge in [0.25, 0.3) is 5.91 Å². The molecule has 1 aromatic heterocycles. The van der Waals surface area contributed by atoms with Crippen molar-refractivity contribution in [1.82, 2.24) is 20.8 Å². The number of hydrogen-bond donors (Lipinski definition) is 2. The van der Waals surface area contributed by atoms with Gasteiger partial charge in [-0.05, 0) is 24.5 Å². The van der Waals surface area contributed by atoms with Crippen LogP contribution in [0.5, 0.6) is 0 Å². The highest BCUT2D eigenvalue weighted by Gasteiger charge is 2.37.